The van der Waals surface area contributed by atoms with E-state index in [-0.39, 0.29) is 36.4 Å². The van der Waals surface area contributed by atoms with Gasteiger partial charge in [-0.15, -0.1) is 0 Å². The smallest absolute Gasteiger partial charge is 0.270 e. The van der Waals surface area contributed by atoms with Gasteiger partial charge in [0.1, 0.15) is 17.6 Å². The van der Waals surface area contributed by atoms with Crippen molar-refractivity contribution in [3.8, 4) is 0 Å². The van der Waals surface area contributed by atoms with Crippen LogP contribution in [-0.4, -0.2) is 77.8 Å². The van der Waals surface area contributed by atoms with Crippen molar-refractivity contribution in [3.05, 3.63) is 30.1 Å². The van der Waals surface area contributed by atoms with E-state index < -0.39 is 11.9 Å². The van der Waals surface area contributed by atoms with Crippen LogP contribution < -0.4 is 10.7 Å². The first-order valence-electron chi connectivity index (χ1n) is 10.9. The van der Waals surface area contributed by atoms with Crippen LogP contribution in [0.2, 0.25) is 0 Å². The molecular formula is C22H30FN5O3. The van der Waals surface area contributed by atoms with Gasteiger partial charge >= 0.3 is 0 Å². The molecule has 9 heteroatoms. The Bertz CT molecular complexity index is 851. The van der Waals surface area contributed by atoms with Gasteiger partial charge in [0.25, 0.3) is 5.91 Å². The lowest BCUT2D eigenvalue weighted by molar-refractivity contribution is -0.126. The minimum absolute atomic E-state index is 0.111. The van der Waals surface area contributed by atoms with Gasteiger partial charge in [-0.05, 0) is 51.0 Å². The molecule has 3 heterocycles. The molecule has 2 amide bonds. The Morgan fingerprint density at radius 2 is 1.87 bits per heavy atom. The maximum absolute atomic E-state index is 13.3. The molecule has 3 aliphatic heterocycles. The van der Waals surface area contributed by atoms with E-state index in [0.717, 1.165) is 32.5 Å². The monoisotopic (exact) mass is 431 g/mol. The average molecular weight is 432 g/mol. The SMILES string of the molecule is CC1CN(CC2CCCN2C(=O)C2=NN(c3ccc(F)cc3)C(C(N)=O)C2)CC(C)O1. The van der Waals surface area contributed by atoms with Gasteiger partial charge in [0, 0.05) is 38.6 Å². The van der Waals surface area contributed by atoms with Crippen molar-refractivity contribution in [2.45, 2.75) is 57.4 Å². The summed E-state index contributed by atoms with van der Waals surface area (Å²) in [5, 5.41) is 5.88. The quantitative estimate of drug-likeness (QED) is 0.760. The van der Waals surface area contributed by atoms with Crippen LogP contribution in [-0.2, 0) is 14.3 Å². The fourth-order valence-corrected chi connectivity index (χ4v) is 4.88. The Hall–Kier alpha value is -2.52. The average Bonchev–Trinajstić information content (AvgIpc) is 3.35. The van der Waals surface area contributed by atoms with Crippen LogP contribution >= 0.6 is 0 Å². The van der Waals surface area contributed by atoms with Gasteiger partial charge in [0.15, 0.2) is 0 Å². The molecule has 0 bridgehead atoms. The number of carbonyl (C=O) groups excluding carboxylic acids is 2. The fraction of sp³-hybridized carbons (Fsp3) is 0.591. The van der Waals surface area contributed by atoms with Gasteiger partial charge in [-0.2, -0.15) is 5.10 Å². The van der Waals surface area contributed by atoms with Crippen molar-refractivity contribution in [3.63, 3.8) is 0 Å². The Balaban J connectivity index is 1.49. The molecular weight excluding hydrogens is 401 g/mol. The van der Waals surface area contributed by atoms with Crippen molar-refractivity contribution in [1.82, 2.24) is 9.80 Å². The zero-order chi connectivity index (χ0) is 22.1. The van der Waals surface area contributed by atoms with Crippen molar-refractivity contribution < 1.29 is 18.7 Å². The molecule has 0 aromatic heterocycles. The van der Waals surface area contributed by atoms with Crippen LogP contribution in [0.25, 0.3) is 0 Å². The number of primary amides is 1. The highest BCUT2D eigenvalue weighted by atomic mass is 19.1. The minimum atomic E-state index is -0.758. The normalized spacial score (nSPS) is 29.3. The number of rotatable bonds is 5. The molecule has 31 heavy (non-hydrogen) atoms. The number of benzene rings is 1. The second-order valence-corrected chi connectivity index (χ2v) is 8.76. The summed E-state index contributed by atoms with van der Waals surface area (Å²) >= 11 is 0. The number of likely N-dealkylation sites (tertiary alicyclic amines) is 1. The van der Waals surface area contributed by atoms with E-state index in [9.17, 15) is 14.0 Å². The van der Waals surface area contributed by atoms with Crippen LogP contribution in [0.3, 0.4) is 0 Å². The Morgan fingerprint density at radius 1 is 1.19 bits per heavy atom. The van der Waals surface area contributed by atoms with E-state index in [4.69, 9.17) is 10.5 Å². The third-order valence-corrected chi connectivity index (χ3v) is 6.18. The molecule has 4 unspecified atom stereocenters. The third kappa shape index (κ3) is 4.72. The van der Waals surface area contributed by atoms with Crippen molar-refractivity contribution in [1.29, 1.82) is 0 Å². The predicted octanol–water partition coefficient (Wildman–Crippen LogP) is 1.35. The van der Waals surface area contributed by atoms with E-state index >= 15 is 0 Å². The fourth-order valence-electron chi connectivity index (χ4n) is 4.88. The number of nitrogens with zero attached hydrogens (tertiary/aromatic N) is 4. The molecule has 4 rings (SSSR count). The summed E-state index contributed by atoms with van der Waals surface area (Å²) < 4.78 is 19.1. The highest BCUT2D eigenvalue weighted by molar-refractivity contribution is 6.40. The molecule has 1 aromatic carbocycles. The van der Waals surface area contributed by atoms with Crippen molar-refractivity contribution in [2.75, 3.05) is 31.2 Å². The third-order valence-electron chi connectivity index (χ3n) is 6.18. The first-order valence-corrected chi connectivity index (χ1v) is 10.9. The first-order chi connectivity index (χ1) is 14.8. The Kier molecular flexibility index (Phi) is 6.24. The molecule has 0 aliphatic carbocycles. The number of anilines is 1. The van der Waals surface area contributed by atoms with E-state index in [0.29, 0.717) is 17.9 Å². The summed E-state index contributed by atoms with van der Waals surface area (Å²) in [6.07, 6.45) is 2.39. The van der Waals surface area contributed by atoms with E-state index in [1.807, 2.05) is 4.90 Å². The lowest BCUT2D eigenvalue weighted by Crippen LogP contribution is -2.51. The highest BCUT2D eigenvalue weighted by Crippen LogP contribution is 2.27. The molecule has 0 saturated carbocycles. The second kappa shape index (κ2) is 8.92. The number of morpholine rings is 1. The number of ether oxygens (including phenoxy) is 1. The summed E-state index contributed by atoms with van der Waals surface area (Å²) in [5.74, 6) is -1.09. The van der Waals surface area contributed by atoms with Gasteiger partial charge in [-0.25, -0.2) is 4.39 Å². The zero-order valence-electron chi connectivity index (χ0n) is 18.0. The topological polar surface area (TPSA) is 91.5 Å². The molecule has 168 valence electrons. The number of hydrazone groups is 1. The second-order valence-electron chi connectivity index (χ2n) is 8.76. The molecule has 2 saturated heterocycles. The number of hydrogen-bond acceptors (Lipinski definition) is 6. The summed E-state index contributed by atoms with van der Waals surface area (Å²) in [6, 6.07) is 5.00. The van der Waals surface area contributed by atoms with E-state index in [1.165, 1.54) is 29.3 Å². The molecule has 0 spiro atoms. The van der Waals surface area contributed by atoms with Crippen LogP contribution in [0.15, 0.2) is 29.4 Å². The molecule has 0 radical (unpaired) electrons. The van der Waals surface area contributed by atoms with Crippen LogP contribution in [0.1, 0.15) is 33.1 Å². The summed E-state index contributed by atoms with van der Waals surface area (Å²) in [4.78, 5) is 29.6. The van der Waals surface area contributed by atoms with E-state index in [1.54, 1.807) is 0 Å². The van der Waals surface area contributed by atoms with Crippen LogP contribution in [0.5, 0.6) is 0 Å². The first kappa shape index (κ1) is 21.7. The lowest BCUT2D eigenvalue weighted by atomic mass is 10.1. The molecule has 8 nitrogen and oxygen atoms in total. The molecule has 4 atom stereocenters. The number of carbonyl (C=O) groups is 2. The zero-order valence-corrected chi connectivity index (χ0v) is 18.0. The van der Waals surface area contributed by atoms with E-state index in [2.05, 4.69) is 23.8 Å². The van der Waals surface area contributed by atoms with Gasteiger partial charge in [-0.3, -0.25) is 19.5 Å². The summed E-state index contributed by atoms with van der Waals surface area (Å²) in [7, 11) is 0. The molecule has 3 aliphatic rings. The molecule has 2 fully saturated rings. The van der Waals surface area contributed by atoms with Gasteiger partial charge in [-0.1, -0.05) is 0 Å². The van der Waals surface area contributed by atoms with Gasteiger partial charge < -0.3 is 15.4 Å². The number of hydrogen-bond donors (Lipinski definition) is 1. The largest absolute Gasteiger partial charge is 0.373 e. The number of amides is 2. The highest BCUT2D eigenvalue weighted by Gasteiger charge is 2.40. The summed E-state index contributed by atoms with van der Waals surface area (Å²) in [6.45, 7) is 7.33. The van der Waals surface area contributed by atoms with Gasteiger partial charge in [0.05, 0.1) is 17.9 Å². The van der Waals surface area contributed by atoms with Crippen LogP contribution in [0, 0.1) is 5.82 Å². The summed E-state index contributed by atoms with van der Waals surface area (Å²) in [5.41, 5.74) is 6.43. The Morgan fingerprint density at radius 3 is 2.52 bits per heavy atom. The minimum Gasteiger partial charge on any atom is -0.373 e. The predicted molar refractivity (Wildman–Crippen MR) is 115 cm³/mol. The maximum Gasteiger partial charge on any atom is 0.270 e. The molecule has 2 N–H and O–H groups in total. The standard InChI is InChI=1S/C22H30FN5O3/c1-14-11-26(12-15(2)31-14)13-18-4-3-9-27(18)22(30)19-10-20(21(24)29)28(25-19)17-7-5-16(23)6-8-17/h5-8,14-15,18,20H,3-4,9-13H2,1-2H3,(H2,24,29). The van der Waals surface area contributed by atoms with Crippen LogP contribution in [0.4, 0.5) is 10.1 Å². The van der Waals surface area contributed by atoms with Gasteiger partial charge in [0.2, 0.25) is 5.91 Å². The van der Waals surface area contributed by atoms with Crippen molar-refractivity contribution >= 4 is 23.2 Å². The van der Waals surface area contributed by atoms with Crippen molar-refractivity contribution in [2.24, 2.45) is 10.8 Å². The number of halogens is 1. The number of nitrogens with two attached hydrogens (primary N) is 1. The maximum atomic E-state index is 13.3. The Labute approximate surface area is 181 Å². The molecule has 1 aromatic rings. The lowest BCUT2D eigenvalue weighted by Gasteiger charge is -2.38.